The largest absolute Gasteiger partial charge is 0.490 e. The Morgan fingerprint density at radius 2 is 1.17 bits per heavy atom. The van der Waals surface area contributed by atoms with Crippen molar-refractivity contribution in [2.45, 2.75) is 19.8 Å². The van der Waals surface area contributed by atoms with Gasteiger partial charge in [0.1, 0.15) is 0 Å². The third-order valence-corrected chi connectivity index (χ3v) is 4.06. The van der Waals surface area contributed by atoms with Crippen LogP contribution in [0.2, 0.25) is 0 Å². The van der Waals surface area contributed by atoms with Crippen molar-refractivity contribution in [3.63, 3.8) is 0 Å². The van der Waals surface area contributed by atoms with Crippen molar-refractivity contribution in [2.75, 3.05) is 6.61 Å². The van der Waals surface area contributed by atoms with E-state index in [-0.39, 0.29) is 24.3 Å². The molecule has 29 heavy (non-hydrogen) atoms. The Kier molecular flexibility index (Phi) is 7.00. The predicted octanol–water partition coefficient (Wildman–Crippen LogP) is 4.38. The van der Waals surface area contributed by atoms with Gasteiger partial charge in [0.05, 0.1) is 19.4 Å². The Bertz CT molecular complexity index is 952. The molecule has 0 aliphatic rings. The Labute approximate surface area is 169 Å². The maximum Gasteiger partial charge on any atom is 0.315 e. The number of esters is 2. The van der Waals surface area contributed by atoms with Gasteiger partial charge in [0.15, 0.2) is 11.5 Å². The first-order valence-electron chi connectivity index (χ1n) is 9.40. The van der Waals surface area contributed by atoms with Crippen molar-refractivity contribution in [2.24, 2.45) is 0 Å². The lowest BCUT2D eigenvalue weighted by Gasteiger charge is -2.14. The fourth-order valence-corrected chi connectivity index (χ4v) is 2.78. The molecule has 5 heteroatoms. The fourth-order valence-electron chi connectivity index (χ4n) is 2.78. The molecule has 0 radical (unpaired) electrons. The first-order chi connectivity index (χ1) is 14.2. The highest BCUT2D eigenvalue weighted by molar-refractivity contribution is 5.79. The van der Waals surface area contributed by atoms with Gasteiger partial charge in [-0.3, -0.25) is 9.59 Å². The number of para-hydroxylation sites is 1. The number of carbonyl (C=O) groups excluding carboxylic acids is 2. The van der Waals surface area contributed by atoms with E-state index in [1.54, 1.807) is 18.2 Å². The van der Waals surface area contributed by atoms with Crippen LogP contribution >= 0.6 is 0 Å². The van der Waals surface area contributed by atoms with E-state index in [1.165, 1.54) is 0 Å². The summed E-state index contributed by atoms with van der Waals surface area (Å²) in [7, 11) is 0. The molecular weight excluding hydrogens is 368 g/mol. The molecule has 0 heterocycles. The number of carbonyl (C=O) groups is 2. The second kappa shape index (κ2) is 10.1. The van der Waals surface area contributed by atoms with Crippen LogP contribution in [-0.2, 0) is 22.4 Å². The molecule has 3 aromatic rings. The molecule has 148 valence electrons. The molecule has 0 aliphatic heterocycles. The van der Waals surface area contributed by atoms with E-state index in [4.69, 9.17) is 14.2 Å². The summed E-state index contributed by atoms with van der Waals surface area (Å²) < 4.78 is 16.6. The lowest BCUT2D eigenvalue weighted by molar-refractivity contribution is -0.136. The van der Waals surface area contributed by atoms with Gasteiger partial charge in [-0.15, -0.1) is 0 Å². The first-order valence-corrected chi connectivity index (χ1v) is 9.40. The third-order valence-electron chi connectivity index (χ3n) is 4.06. The van der Waals surface area contributed by atoms with Gasteiger partial charge >= 0.3 is 11.9 Å². The van der Waals surface area contributed by atoms with Gasteiger partial charge < -0.3 is 14.2 Å². The van der Waals surface area contributed by atoms with Crippen LogP contribution in [0.15, 0.2) is 78.9 Å². The van der Waals surface area contributed by atoms with E-state index in [0.29, 0.717) is 12.4 Å². The number of ether oxygens (including phenoxy) is 3. The molecule has 0 bridgehead atoms. The summed E-state index contributed by atoms with van der Waals surface area (Å²) in [4.78, 5) is 24.8. The van der Waals surface area contributed by atoms with Crippen LogP contribution in [0.25, 0.3) is 0 Å². The molecule has 0 saturated heterocycles. The lowest BCUT2D eigenvalue weighted by atomic mass is 10.1. The van der Waals surface area contributed by atoms with Gasteiger partial charge in [-0.2, -0.15) is 0 Å². The molecule has 0 aromatic heterocycles. The summed E-state index contributed by atoms with van der Waals surface area (Å²) >= 11 is 0. The first kappa shape index (κ1) is 20.1. The van der Waals surface area contributed by atoms with Crippen molar-refractivity contribution in [1.82, 2.24) is 0 Å². The molecule has 3 rings (SSSR count). The smallest absolute Gasteiger partial charge is 0.315 e. The summed E-state index contributed by atoms with van der Waals surface area (Å²) in [6, 6.07) is 23.5. The van der Waals surface area contributed by atoms with Gasteiger partial charge in [0.25, 0.3) is 0 Å². The van der Waals surface area contributed by atoms with Gasteiger partial charge in [0, 0.05) is 0 Å². The zero-order chi connectivity index (χ0) is 20.5. The third kappa shape index (κ3) is 5.94. The Balaban J connectivity index is 1.77. The van der Waals surface area contributed by atoms with Crippen molar-refractivity contribution in [3.05, 3.63) is 90.0 Å². The molecule has 0 unspecified atom stereocenters. The minimum absolute atomic E-state index is 0.0959. The van der Waals surface area contributed by atoms with E-state index in [0.717, 1.165) is 11.1 Å². The molecule has 0 saturated carbocycles. The van der Waals surface area contributed by atoms with Crippen LogP contribution < -0.4 is 14.2 Å². The molecule has 0 N–H and O–H groups in total. The van der Waals surface area contributed by atoms with Crippen molar-refractivity contribution in [3.8, 4) is 17.2 Å². The SMILES string of the molecule is CCOc1cccc(OC(=O)Cc2ccccc2)c1OC(=O)Cc1ccccc1. The number of hydrogen-bond acceptors (Lipinski definition) is 5. The van der Waals surface area contributed by atoms with Crippen molar-refractivity contribution in [1.29, 1.82) is 0 Å². The highest BCUT2D eigenvalue weighted by Gasteiger charge is 2.19. The molecule has 5 nitrogen and oxygen atoms in total. The van der Waals surface area contributed by atoms with Crippen LogP contribution in [0, 0.1) is 0 Å². The number of benzene rings is 3. The topological polar surface area (TPSA) is 61.8 Å². The summed E-state index contributed by atoms with van der Waals surface area (Å²) in [6.07, 6.45) is 0.204. The van der Waals surface area contributed by atoms with E-state index >= 15 is 0 Å². The highest BCUT2D eigenvalue weighted by Crippen LogP contribution is 2.37. The van der Waals surface area contributed by atoms with Gasteiger partial charge in [-0.1, -0.05) is 66.7 Å². The minimum Gasteiger partial charge on any atom is -0.490 e. The van der Waals surface area contributed by atoms with Gasteiger partial charge in [-0.05, 0) is 30.2 Å². The van der Waals surface area contributed by atoms with E-state index in [2.05, 4.69) is 0 Å². The zero-order valence-electron chi connectivity index (χ0n) is 16.2. The normalized spacial score (nSPS) is 10.2. The average Bonchev–Trinajstić information content (AvgIpc) is 2.72. The summed E-state index contributed by atoms with van der Waals surface area (Å²) in [5.74, 6) is -0.317. The van der Waals surface area contributed by atoms with Crippen LogP contribution in [0.5, 0.6) is 17.2 Å². The quantitative estimate of drug-likeness (QED) is 0.422. The standard InChI is InChI=1S/C24H22O5/c1-2-27-20-14-9-15-21(28-22(25)16-18-10-5-3-6-11-18)24(20)29-23(26)17-19-12-7-4-8-13-19/h3-15H,2,16-17H2,1H3. The van der Waals surface area contributed by atoms with Crippen LogP contribution in [0.4, 0.5) is 0 Å². The Morgan fingerprint density at radius 3 is 1.72 bits per heavy atom. The van der Waals surface area contributed by atoms with Crippen molar-refractivity contribution >= 4 is 11.9 Å². The van der Waals surface area contributed by atoms with E-state index < -0.39 is 11.9 Å². The van der Waals surface area contributed by atoms with Crippen molar-refractivity contribution < 1.29 is 23.8 Å². The molecule has 0 atom stereocenters. The molecular formula is C24H22O5. The summed E-state index contributed by atoms with van der Waals surface area (Å²) in [5, 5.41) is 0. The van der Waals surface area contributed by atoms with Crippen LogP contribution in [0.3, 0.4) is 0 Å². The number of rotatable bonds is 8. The maximum atomic E-state index is 12.4. The molecule has 0 fully saturated rings. The molecule has 0 amide bonds. The molecule has 0 aliphatic carbocycles. The summed E-state index contributed by atoms with van der Waals surface area (Å²) in [5.41, 5.74) is 1.66. The van der Waals surface area contributed by atoms with Gasteiger partial charge in [-0.25, -0.2) is 0 Å². The summed E-state index contributed by atoms with van der Waals surface area (Å²) in [6.45, 7) is 2.20. The Morgan fingerprint density at radius 1 is 0.655 bits per heavy atom. The van der Waals surface area contributed by atoms with Crippen LogP contribution in [-0.4, -0.2) is 18.5 Å². The van der Waals surface area contributed by atoms with E-state index in [9.17, 15) is 9.59 Å². The zero-order valence-corrected chi connectivity index (χ0v) is 16.2. The molecule has 3 aromatic carbocycles. The second-order valence-electron chi connectivity index (χ2n) is 6.29. The predicted molar refractivity (Wildman–Crippen MR) is 109 cm³/mol. The maximum absolute atomic E-state index is 12.4. The lowest BCUT2D eigenvalue weighted by Crippen LogP contribution is -2.16. The Hall–Kier alpha value is -3.60. The van der Waals surface area contributed by atoms with Gasteiger partial charge in [0.2, 0.25) is 5.75 Å². The highest BCUT2D eigenvalue weighted by atomic mass is 16.6. The second-order valence-corrected chi connectivity index (χ2v) is 6.29. The fraction of sp³-hybridized carbons (Fsp3) is 0.167. The van der Waals surface area contributed by atoms with Crippen LogP contribution in [0.1, 0.15) is 18.1 Å². The van der Waals surface area contributed by atoms with E-state index in [1.807, 2.05) is 67.6 Å². The minimum atomic E-state index is -0.469. The number of hydrogen-bond donors (Lipinski definition) is 0. The average molecular weight is 390 g/mol. The monoisotopic (exact) mass is 390 g/mol. The molecule has 0 spiro atoms.